The molecule has 2 aliphatic rings. The normalized spacial score (nSPS) is 26.2. The number of rotatable bonds is 2. The van der Waals surface area contributed by atoms with Gasteiger partial charge in [-0.05, 0) is 37.7 Å². The van der Waals surface area contributed by atoms with Crippen molar-refractivity contribution in [2.45, 2.75) is 44.6 Å². The molecule has 2 atom stereocenters. The maximum absolute atomic E-state index is 6.41. The topological polar surface area (TPSA) is 28.2 Å². The second kappa shape index (κ2) is 5.98. The van der Waals surface area contributed by atoms with E-state index in [1.54, 1.807) is 0 Å². The van der Waals surface area contributed by atoms with Crippen LogP contribution in [0.3, 0.4) is 0 Å². The van der Waals surface area contributed by atoms with Crippen LogP contribution in [0.4, 0.5) is 11.6 Å². The fourth-order valence-corrected chi connectivity index (χ4v) is 4.28. The van der Waals surface area contributed by atoms with Gasteiger partial charge in [0.1, 0.15) is 11.6 Å². The summed E-state index contributed by atoms with van der Waals surface area (Å²) in [5.41, 5.74) is 0. The van der Waals surface area contributed by atoms with Crippen LogP contribution < -0.4 is 10.2 Å². The Labute approximate surface area is 130 Å². The van der Waals surface area contributed by atoms with Crippen LogP contribution in [0.2, 0.25) is 10.0 Å². The Bertz CT molecular complexity index is 490. The molecule has 20 heavy (non-hydrogen) atoms. The number of pyridine rings is 1. The number of nitrogens with one attached hydrogen (secondary N) is 1. The number of hydrogen-bond donors (Lipinski definition) is 1. The van der Waals surface area contributed by atoms with E-state index in [-0.39, 0.29) is 0 Å². The lowest BCUT2D eigenvalue weighted by Gasteiger charge is -2.45. The monoisotopic (exact) mass is 313 g/mol. The van der Waals surface area contributed by atoms with Gasteiger partial charge in [0.2, 0.25) is 0 Å². The highest BCUT2D eigenvalue weighted by atomic mass is 35.5. The maximum Gasteiger partial charge on any atom is 0.150 e. The van der Waals surface area contributed by atoms with Crippen LogP contribution >= 0.6 is 23.2 Å². The minimum atomic E-state index is 0.582. The predicted molar refractivity (Wildman–Crippen MR) is 86.1 cm³/mol. The highest BCUT2D eigenvalue weighted by molar-refractivity contribution is 6.37. The van der Waals surface area contributed by atoms with Crippen LogP contribution in [0.15, 0.2) is 6.07 Å². The average molecular weight is 314 g/mol. The minimum absolute atomic E-state index is 0.582. The first-order valence-electron chi connectivity index (χ1n) is 7.51. The van der Waals surface area contributed by atoms with Crippen molar-refractivity contribution in [1.82, 2.24) is 4.98 Å². The third-order valence-electron chi connectivity index (χ3n) is 4.66. The zero-order valence-electron chi connectivity index (χ0n) is 11.8. The number of fused-ring (bicyclic) bond motifs is 1. The molecule has 1 aliphatic heterocycles. The summed E-state index contributed by atoms with van der Waals surface area (Å²) in [5, 5.41) is 4.29. The molecule has 1 saturated heterocycles. The van der Waals surface area contributed by atoms with E-state index in [1.165, 1.54) is 38.5 Å². The SMILES string of the molecule is CNc1nc(N2CCCC3CCCCC32)c(Cl)cc1Cl. The van der Waals surface area contributed by atoms with Gasteiger partial charge in [-0.2, -0.15) is 0 Å². The number of halogens is 2. The molecule has 1 aromatic rings. The molecular formula is C15H21Cl2N3. The quantitative estimate of drug-likeness (QED) is 0.865. The molecule has 0 amide bonds. The number of nitrogens with zero attached hydrogens (tertiary/aromatic N) is 2. The van der Waals surface area contributed by atoms with Crippen molar-refractivity contribution in [2.24, 2.45) is 5.92 Å². The lowest BCUT2D eigenvalue weighted by Crippen LogP contribution is -2.47. The molecule has 1 aliphatic carbocycles. The average Bonchev–Trinajstić information content (AvgIpc) is 2.47. The molecule has 3 rings (SSSR count). The lowest BCUT2D eigenvalue weighted by molar-refractivity contribution is 0.243. The van der Waals surface area contributed by atoms with Gasteiger partial charge >= 0.3 is 0 Å². The van der Waals surface area contributed by atoms with Crippen LogP contribution in [-0.4, -0.2) is 24.6 Å². The first-order chi connectivity index (χ1) is 9.70. The molecular weight excluding hydrogens is 293 g/mol. The van der Waals surface area contributed by atoms with Gasteiger partial charge in [-0.3, -0.25) is 0 Å². The van der Waals surface area contributed by atoms with E-state index in [1.807, 2.05) is 13.1 Å². The van der Waals surface area contributed by atoms with Gasteiger partial charge < -0.3 is 10.2 Å². The van der Waals surface area contributed by atoms with Gasteiger partial charge in [-0.25, -0.2) is 4.98 Å². The van der Waals surface area contributed by atoms with E-state index in [9.17, 15) is 0 Å². The van der Waals surface area contributed by atoms with Crippen molar-refractivity contribution in [1.29, 1.82) is 0 Å². The summed E-state index contributed by atoms with van der Waals surface area (Å²) >= 11 is 12.6. The molecule has 0 aromatic carbocycles. The van der Waals surface area contributed by atoms with Crippen LogP contribution in [-0.2, 0) is 0 Å². The van der Waals surface area contributed by atoms with Gasteiger partial charge in [0.15, 0.2) is 0 Å². The molecule has 5 heteroatoms. The lowest BCUT2D eigenvalue weighted by atomic mass is 9.78. The molecule has 0 bridgehead atoms. The van der Waals surface area contributed by atoms with Gasteiger partial charge in [0.25, 0.3) is 0 Å². The summed E-state index contributed by atoms with van der Waals surface area (Å²) in [4.78, 5) is 7.08. The first kappa shape index (κ1) is 14.3. The van der Waals surface area contributed by atoms with Crippen molar-refractivity contribution in [3.63, 3.8) is 0 Å². The van der Waals surface area contributed by atoms with Crippen LogP contribution in [0.1, 0.15) is 38.5 Å². The summed E-state index contributed by atoms with van der Waals surface area (Å²) < 4.78 is 0. The molecule has 2 heterocycles. The number of hydrogen-bond acceptors (Lipinski definition) is 3. The summed E-state index contributed by atoms with van der Waals surface area (Å²) in [6.45, 7) is 1.05. The molecule has 1 aromatic heterocycles. The molecule has 2 unspecified atom stereocenters. The van der Waals surface area contributed by atoms with Gasteiger partial charge in [0, 0.05) is 19.6 Å². The molecule has 1 N–H and O–H groups in total. The zero-order chi connectivity index (χ0) is 14.1. The van der Waals surface area contributed by atoms with Crippen LogP contribution in [0.5, 0.6) is 0 Å². The predicted octanol–water partition coefficient (Wildman–Crippen LogP) is 4.59. The number of piperidine rings is 1. The summed E-state index contributed by atoms with van der Waals surface area (Å²) in [6.07, 6.45) is 7.90. The number of anilines is 2. The van der Waals surface area contributed by atoms with Crippen molar-refractivity contribution in [2.75, 3.05) is 23.8 Å². The Hall–Kier alpha value is -0.670. The third kappa shape index (κ3) is 2.58. The largest absolute Gasteiger partial charge is 0.372 e. The molecule has 0 spiro atoms. The third-order valence-corrected chi connectivity index (χ3v) is 5.23. The maximum atomic E-state index is 6.41. The zero-order valence-corrected chi connectivity index (χ0v) is 13.3. The Kier molecular flexibility index (Phi) is 4.27. The summed E-state index contributed by atoms with van der Waals surface area (Å²) in [6, 6.07) is 2.41. The van der Waals surface area contributed by atoms with Gasteiger partial charge in [-0.1, -0.05) is 36.0 Å². The van der Waals surface area contributed by atoms with Crippen molar-refractivity contribution < 1.29 is 0 Å². The Balaban J connectivity index is 1.94. The van der Waals surface area contributed by atoms with Crippen molar-refractivity contribution in [3.05, 3.63) is 16.1 Å². The molecule has 0 radical (unpaired) electrons. The fraction of sp³-hybridized carbons (Fsp3) is 0.667. The summed E-state index contributed by atoms with van der Waals surface area (Å²) in [5.74, 6) is 2.42. The standard InChI is InChI=1S/C15H21Cl2N3/c1-18-14-11(16)9-12(17)15(19-14)20-8-4-6-10-5-2-3-7-13(10)20/h9-10,13H,2-8H2,1H3,(H,18,19). The fourth-order valence-electron chi connectivity index (χ4n) is 3.72. The van der Waals surface area contributed by atoms with Crippen molar-refractivity contribution in [3.8, 4) is 0 Å². The highest BCUT2D eigenvalue weighted by Gasteiger charge is 2.34. The Morgan fingerprint density at radius 3 is 2.70 bits per heavy atom. The highest BCUT2D eigenvalue weighted by Crippen LogP contribution is 2.40. The van der Waals surface area contributed by atoms with E-state index in [0.29, 0.717) is 21.9 Å². The second-order valence-electron chi connectivity index (χ2n) is 5.82. The van der Waals surface area contributed by atoms with Crippen LogP contribution in [0.25, 0.3) is 0 Å². The van der Waals surface area contributed by atoms with Gasteiger partial charge in [-0.15, -0.1) is 0 Å². The first-order valence-corrected chi connectivity index (χ1v) is 8.26. The second-order valence-corrected chi connectivity index (χ2v) is 6.64. The number of aromatic nitrogens is 1. The van der Waals surface area contributed by atoms with Crippen LogP contribution in [0, 0.1) is 5.92 Å². The van der Waals surface area contributed by atoms with E-state index >= 15 is 0 Å². The molecule has 3 nitrogen and oxygen atoms in total. The molecule has 1 saturated carbocycles. The van der Waals surface area contributed by atoms with E-state index in [0.717, 1.165) is 18.3 Å². The Morgan fingerprint density at radius 1 is 1.15 bits per heavy atom. The summed E-state index contributed by atoms with van der Waals surface area (Å²) in [7, 11) is 1.84. The van der Waals surface area contributed by atoms with E-state index in [2.05, 4.69) is 15.2 Å². The van der Waals surface area contributed by atoms with Gasteiger partial charge in [0.05, 0.1) is 10.0 Å². The van der Waals surface area contributed by atoms with E-state index in [4.69, 9.17) is 23.2 Å². The molecule has 110 valence electrons. The van der Waals surface area contributed by atoms with E-state index < -0.39 is 0 Å². The smallest absolute Gasteiger partial charge is 0.150 e. The molecule has 2 fully saturated rings. The Morgan fingerprint density at radius 2 is 1.90 bits per heavy atom. The minimum Gasteiger partial charge on any atom is -0.372 e. The van der Waals surface area contributed by atoms with Crippen molar-refractivity contribution >= 4 is 34.8 Å².